The SMILES string of the molecule is CCCCC1C(CC)C2(C)N=NC1(C)N=N2. The van der Waals surface area contributed by atoms with Crippen molar-refractivity contribution < 1.29 is 0 Å². The van der Waals surface area contributed by atoms with Crippen LogP contribution in [0, 0.1) is 11.8 Å². The minimum absolute atomic E-state index is 0.381. The van der Waals surface area contributed by atoms with Gasteiger partial charge in [-0.3, -0.25) is 0 Å². The fourth-order valence-corrected chi connectivity index (χ4v) is 3.07. The van der Waals surface area contributed by atoms with Gasteiger partial charge in [-0.2, -0.15) is 20.5 Å². The van der Waals surface area contributed by atoms with E-state index in [1.54, 1.807) is 0 Å². The number of rotatable bonds is 4. The summed E-state index contributed by atoms with van der Waals surface area (Å²) in [5.41, 5.74) is -0.765. The third kappa shape index (κ3) is 1.59. The normalized spacial score (nSPS) is 45.2. The number of nitrogens with zero attached hydrogens (tertiary/aromatic N) is 4. The monoisotopic (exact) mass is 222 g/mol. The Morgan fingerprint density at radius 1 is 0.875 bits per heavy atom. The number of unbranched alkanes of at least 4 members (excludes halogenated alkanes) is 1. The number of hydrogen-bond acceptors (Lipinski definition) is 4. The number of fused-ring (bicyclic) bond motifs is 1. The summed E-state index contributed by atoms with van der Waals surface area (Å²) in [5, 5.41) is 17.6. The first-order valence-corrected chi connectivity index (χ1v) is 6.44. The van der Waals surface area contributed by atoms with Gasteiger partial charge in [-0.1, -0.05) is 26.7 Å². The van der Waals surface area contributed by atoms with E-state index in [9.17, 15) is 0 Å². The average Bonchev–Trinajstić information content (AvgIpc) is 2.28. The van der Waals surface area contributed by atoms with E-state index in [0.29, 0.717) is 11.8 Å². The summed E-state index contributed by atoms with van der Waals surface area (Å²) >= 11 is 0. The van der Waals surface area contributed by atoms with Crippen molar-refractivity contribution in [1.82, 2.24) is 0 Å². The highest BCUT2D eigenvalue weighted by atomic mass is 15.5. The highest BCUT2D eigenvalue weighted by Crippen LogP contribution is 2.51. The molecule has 0 aromatic heterocycles. The Morgan fingerprint density at radius 3 is 1.81 bits per heavy atom. The largest absolute Gasteiger partial charge is 0.191 e. The molecule has 3 aliphatic heterocycles. The van der Waals surface area contributed by atoms with Crippen LogP contribution in [0.5, 0.6) is 0 Å². The maximum absolute atomic E-state index is 4.40. The minimum atomic E-state index is -0.384. The topological polar surface area (TPSA) is 49.4 Å². The molecule has 2 atom stereocenters. The van der Waals surface area contributed by atoms with Crippen LogP contribution in [0.2, 0.25) is 0 Å². The smallest absolute Gasteiger partial charge is 0.159 e. The molecule has 4 heteroatoms. The van der Waals surface area contributed by atoms with Gasteiger partial charge in [0.05, 0.1) is 0 Å². The molecule has 16 heavy (non-hydrogen) atoms. The summed E-state index contributed by atoms with van der Waals surface area (Å²) in [7, 11) is 0. The van der Waals surface area contributed by atoms with E-state index in [-0.39, 0.29) is 11.3 Å². The maximum Gasteiger partial charge on any atom is 0.191 e. The molecule has 0 amide bonds. The third-order valence-electron chi connectivity index (χ3n) is 4.11. The standard InChI is InChI=1S/C12H22N4/c1-5-7-8-10-9(6-2)11(3)13-15-12(10,4)16-14-11/h9-10H,5-8H2,1-4H3. The van der Waals surface area contributed by atoms with Crippen molar-refractivity contribution in [3.05, 3.63) is 0 Å². The molecule has 0 N–H and O–H groups in total. The fraction of sp³-hybridized carbons (Fsp3) is 1.00. The van der Waals surface area contributed by atoms with Crippen LogP contribution in [0.3, 0.4) is 0 Å². The lowest BCUT2D eigenvalue weighted by Crippen LogP contribution is -2.52. The highest BCUT2D eigenvalue weighted by Gasteiger charge is 2.54. The van der Waals surface area contributed by atoms with Crippen molar-refractivity contribution in [2.24, 2.45) is 32.3 Å². The molecule has 3 aliphatic rings. The molecule has 2 unspecified atom stereocenters. The van der Waals surface area contributed by atoms with Crippen molar-refractivity contribution in [2.45, 2.75) is 64.7 Å². The second-order valence-electron chi connectivity index (χ2n) is 5.35. The van der Waals surface area contributed by atoms with Gasteiger partial charge in [0.1, 0.15) is 0 Å². The van der Waals surface area contributed by atoms with E-state index in [4.69, 9.17) is 0 Å². The average molecular weight is 222 g/mol. The lowest BCUT2D eigenvalue weighted by molar-refractivity contribution is 0.0350. The molecule has 90 valence electrons. The summed E-state index contributed by atoms with van der Waals surface area (Å²) in [6.07, 6.45) is 4.78. The first-order valence-electron chi connectivity index (χ1n) is 6.44. The lowest BCUT2D eigenvalue weighted by Gasteiger charge is -2.47. The van der Waals surface area contributed by atoms with Crippen LogP contribution < -0.4 is 0 Å². The molecule has 4 nitrogen and oxygen atoms in total. The molecule has 0 saturated carbocycles. The van der Waals surface area contributed by atoms with Gasteiger partial charge >= 0.3 is 0 Å². The Kier molecular flexibility index (Phi) is 2.84. The molecule has 0 aliphatic carbocycles. The van der Waals surface area contributed by atoms with Gasteiger partial charge in [0, 0.05) is 11.8 Å². The van der Waals surface area contributed by atoms with Gasteiger partial charge in [0.15, 0.2) is 11.3 Å². The molecule has 0 saturated heterocycles. The zero-order valence-corrected chi connectivity index (χ0v) is 10.8. The summed E-state index contributed by atoms with van der Waals surface area (Å²) in [5.74, 6) is 1.01. The minimum Gasteiger partial charge on any atom is -0.159 e. The zero-order valence-electron chi connectivity index (χ0n) is 10.8. The second kappa shape index (κ2) is 3.90. The van der Waals surface area contributed by atoms with Gasteiger partial charge in [0.2, 0.25) is 0 Å². The molecule has 3 rings (SSSR count). The van der Waals surface area contributed by atoms with Gasteiger partial charge in [0.25, 0.3) is 0 Å². The summed E-state index contributed by atoms with van der Waals surface area (Å²) < 4.78 is 0. The first-order chi connectivity index (χ1) is 7.56. The van der Waals surface area contributed by atoms with Crippen LogP contribution in [-0.2, 0) is 0 Å². The Bertz CT molecular complexity index is 307. The van der Waals surface area contributed by atoms with Crippen molar-refractivity contribution in [3.8, 4) is 0 Å². The third-order valence-corrected chi connectivity index (χ3v) is 4.11. The predicted molar refractivity (Wildman–Crippen MR) is 63.3 cm³/mol. The van der Waals surface area contributed by atoms with E-state index in [1.165, 1.54) is 19.3 Å². The molecule has 0 radical (unpaired) electrons. The predicted octanol–water partition coefficient (Wildman–Crippen LogP) is 4.18. The Morgan fingerprint density at radius 2 is 1.38 bits per heavy atom. The summed E-state index contributed by atoms with van der Waals surface area (Å²) in [6, 6.07) is 0. The van der Waals surface area contributed by atoms with Crippen LogP contribution >= 0.6 is 0 Å². The second-order valence-corrected chi connectivity index (χ2v) is 5.35. The van der Waals surface area contributed by atoms with E-state index < -0.39 is 0 Å². The van der Waals surface area contributed by atoms with Crippen molar-refractivity contribution >= 4 is 0 Å². The molecule has 3 heterocycles. The van der Waals surface area contributed by atoms with Crippen LogP contribution in [0.25, 0.3) is 0 Å². The van der Waals surface area contributed by atoms with Gasteiger partial charge in [-0.15, -0.1) is 0 Å². The quantitative estimate of drug-likeness (QED) is 0.685. The summed E-state index contributed by atoms with van der Waals surface area (Å²) in [6.45, 7) is 8.59. The van der Waals surface area contributed by atoms with Crippen LogP contribution in [0.15, 0.2) is 20.5 Å². The van der Waals surface area contributed by atoms with E-state index in [2.05, 4.69) is 48.2 Å². The highest BCUT2D eigenvalue weighted by molar-refractivity contribution is 5.06. The van der Waals surface area contributed by atoms with Crippen LogP contribution in [0.4, 0.5) is 0 Å². The molecular formula is C12H22N4. The lowest BCUT2D eigenvalue weighted by atomic mass is 9.70. The van der Waals surface area contributed by atoms with E-state index in [0.717, 1.165) is 6.42 Å². The van der Waals surface area contributed by atoms with E-state index in [1.807, 2.05) is 0 Å². The molecule has 0 fully saturated rings. The zero-order chi connectivity index (χ0) is 11.8. The molecular weight excluding hydrogens is 200 g/mol. The van der Waals surface area contributed by atoms with Gasteiger partial charge < -0.3 is 0 Å². The Labute approximate surface area is 97.6 Å². The van der Waals surface area contributed by atoms with Crippen molar-refractivity contribution in [3.63, 3.8) is 0 Å². The van der Waals surface area contributed by atoms with Gasteiger partial charge in [-0.05, 0) is 26.7 Å². The Hall–Kier alpha value is -0.800. The molecule has 2 bridgehead atoms. The molecule has 0 aromatic carbocycles. The number of hydrogen-bond donors (Lipinski definition) is 0. The maximum atomic E-state index is 4.40. The van der Waals surface area contributed by atoms with Crippen LogP contribution in [-0.4, -0.2) is 11.3 Å². The fourth-order valence-electron chi connectivity index (χ4n) is 3.07. The Balaban J connectivity index is 2.28. The van der Waals surface area contributed by atoms with Crippen molar-refractivity contribution in [1.29, 1.82) is 0 Å². The summed E-state index contributed by atoms with van der Waals surface area (Å²) in [4.78, 5) is 0. The molecule has 0 spiro atoms. The van der Waals surface area contributed by atoms with Crippen LogP contribution in [0.1, 0.15) is 53.4 Å². The van der Waals surface area contributed by atoms with Crippen molar-refractivity contribution in [2.75, 3.05) is 0 Å². The van der Waals surface area contributed by atoms with Gasteiger partial charge in [-0.25, -0.2) is 0 Å². The molecule has 0 aromatic rings. The van der Waals surface area contributed by atoms with E-state index >= 15 is 0 Å². The number of azo groups is 2. The first kappa shape index (κ1) is 11.7.